The van der Waals surface area contributed by atoms with Gasteiger partial charge >= 0.3 is 0 Å². The molecule has 1 N–H and O–H groups in total. The van der Waals surface area contributed by atoms with Crippen LogP contribution in [0.5, 0.6) is 0 Å². The maximum atomic E-state index is 12.9. The Morgan fingerprint density at radius 2 is 1.61 bits per heavy atom. The first kappa shape index (κ1) is 22.3. The van der Waals surface area contributed by atoms with Crippen molar-refractivity contribution in [3.05, 3.63) is 64.2 Å². The number of carbonyl (C=O) groups is 1. The maximum Gasteiger partial charge on any atom is 0.251 e. The second-order valence-electron chi connectivity index (χ2n) is 8.24. The number of nitrogens with one attached hydrogen (secondary N) is 1. The fraction of sp³-hybridized carbons (Fsp3) is 0.435. The molecule has 1 amide bonds. The quantitative estimate of drug-likeness (QED) is 0.683. The smallest absolute Gasteiger partial charge is 0.251 e. The molecule has 0 atom stereocenters. The van der Waals surface area contributed by atoms with Gasteiger partial charge in [0.25, 0.3) is 5.91 Å². The minimum Gasteiger partial charge on any atom is -0.348 e. The van der Waals surface area contributed by atoms with Gasteiger partial charge in [0.2, 0.25) is 10.0 Å². The van der Waals surface area contributed by atoms with Crippen LogP contribution in [0.15, 0.2) is 47.4 Å². The van der Waals surface area contributed by atoms with Crippen molar-refractivity contribution >= 4 is 27.5 Å². The van der Waals surface area contributed by atoms with Crippen LogP contribution in [0.2, 0.25) is 5.02 Å². The number of rotatable bonds is 7. The van der Waals surface area contributed by atoms with Crippen molar-refractivity contribution in [2.24, 2.45) is 0 Å². The van der Waals surface area contributed by atoms with Crippen molar-refractivity contribution < 1.29 is 13.2 Å². The number of hydrogen-bond donors (Lipinski definition) is 1. The molecular weight excluding hydrogens is 434 g/mol. The Hall–Kier alpha value is -1.93. The third-order valence-electron chi connectivity index (χ3n) is 5.93. The van der Waals surface area contributed by atoms with Crippen LogP contribution in [-0.4, -0.2) is 49.7 Å². The van der Waals surface area contributed by atoms with Crippen molar-refractivity contribution in [1.29, 1.82) is 0 Å². The summed E-state index contributed by atoms with van der Waals surface area (Å²) in [6, 6.07) is 12.6. The Bertz CT molecular complexity index is 1050. The van der Waals surface area contributed by atoms with Crippen LogP contribution < -0.4 is 5.32 Å². The number of nitrogens with zero attached hydrogens (tertiary/aromatic N) is 2. The Morgan fingerprint density at radius 1 is 0.935 bits per heavy atom. The number of hydrogen-bond acceptors (Lipinski definition) is 4. The van der Waals surface area contributed by atoms with E-state index in [1.165, 1.54) is 34.8 Å². The predicted octanol–water partition coefficient (Wildman–Crippen LogP) is 3.65. The average Bonchev–Trinajstić information content (AvgIpc) is 3.47. The van der Waals surface area contributed by atoms with Gasteiger partial charge in [0.15, 0.2) is 0 Å². The lowest BCUT2D eigenvalue weighted by Crippen LogP contribution is -2.29. The van der Waals surface area contributed by atoms with Gasteiger partial charge in [-0.15, -0.1) is 0 Å². The zero-order chi connectivity index (χ0) is 21.8. The summed E-state index contributed by atoms with van der Waals surface area (Å²) in [5.41, 5.74) is 2.54. The zero-order valence-electron chi connectivity index (χ0n) is 17.5. The van der Waals surface area contributed by atoms with Crippen LogP contribution >= 0.6 is 11.6 Å². The Morgan fingerprint density at radius 3 is 2.35 bits per heavy atom. The molecular formula is C23H28ClN3O3S. The summed E-state index contributed by atoms with van der Waals surface area (Å²) in [5, 5.41) is 3.04. The van der Waals surface area contributed by atoms with Crippen LogP contribution in [0.3, 0.4) is 0 Å². The van der Waals surface area contributed by atoms with E-state index in [9.17, 15) is 13.2 Å². The lowest BCUT2D eigenvalue weighted by molar-refractivity contribution is 0.0950. The highest BCUT2D eigenvalue weighted by atomic mass is 35.5. The monoisotopic (exact) mass is 461 g/mol. The molecule has 2 aliphatic rings. The Kier molecular flexibility index (Phi) is 6.96. The number of sulfonamides is 1. The molecule has 6 nitrogen and oxygen atoms in total. The highest BCUT2D eigenvalue weighted by Gasteiger charge is 2.29. The highest BCUT2D eigenvalue weighted by Crippen LogP contribution is 2.28. The van der Waals surface area contributed by atoms with Gasteiger partial charge in [-0.3, -0.25) is 9.69 Å². The number of amides is 1. The van der Waals surface area contributed by atoms with Gasteiger partial charge in [-0.1, -0.05) is 35.9 Å². The van der Waals surface area contributed by atoms with Crippen molar-refractivity contribution in [2.75, 3.05) is 26.2 Å². The largest absolute Gasteiger partial charge is 0.348 e. The van der Waals surface area contributed by atoms with Crippen molar-refractivity contribution in [2.45, 2.75) is 43.7 Å². The maximum absolute atomic E-state index is 12.9. The summed E-state index contributed by atoms with van der Waals surface area (Å²) >= 11 is 6.18. The van der Waals surface area contributed by atoms with E-state index in [1.807, 2.05) is 12.1 Å². The Balaban J connectivity index is 1.43. The van der Waals surface area contributed by atoms with E-state index in [4.69, 9.17) is 11.6 Å². The van der Waals surface area contributed by atoms with E-state index in [0.29, 0.717) is 19.6 Å². The summed E-state index contributed by atoms with van der Waals surface area (Å²) in [4.78, 5) is 15.2. The molecule has 0 spiro atoms. The molecule has 0 saturated carbocycles. The van der Waals surface area contributed by atoms with Gasteiger partial charge in [0.05, 0.1) is 5.02 Å². The zero-order valence-corrected chi connectivity index (χ0v) is 19.1. The van der Waals surface area contributed by atoms with E-state index >= 15 is 0 Å². The molecule has 0 radical (unpaired) electrons. The summed E-state index contributed by atoms with van der Waals surface area (Å²) < 4.78 is 27.2. The van der Waals surface area contributed by atoms with Crippen molar-refractivity contribution in [1.82, 2.24) is 14.5 Å². The molecule has 2 aromatic rings. The van der Waals surface area contributed by atoms with Gasteiger partial charge in [0.1, 0.15) is 4.90 Å². The average molecular weight is 462 g/mol. The number of benzene rings is 2. The molecule has 4 rings (SSSR count). The second-order valence-corrected chi connectivity index (χ2v) is 10.6. The first-order chi connectivity index (χ1) is 14.9. The number of likely N-dealkylation sites (tertiary alicyclic amines) is 1. The van der Waals surface area contributed by atoms with Crippen molar-refractivity contribution in [3.8, 4) is 0 Å². The Labute approximate surface area is 189 Å². The standard InChI is InChI=1S/C23H28ClN3O3S/c24-21-9-8-20(15-22(21)31(29,30)27-12-3-4-13-27)23(28)25-16-18-6-5-7-19(14-18)17-26-10-1-2-11-26/h5-9,14-15H,1-4,10-13,16-17H2,(H,25,28). The molecule has 2 saturated heterocycles. The van der Waals surface area contributed by atoms with Crippen LogP contribution in [-0.2, 0) is 23.1 Å². The first-order valence-electron chi connectivity index (χ1n) is 10.8. The number of carbonyl (C=O) groups excluding carboxylic acids is 1. The van der Waals surface area contributed by atoms with Gasteiger partial charge in [-0.25, -0.2) is 8.42 Å². The van der Waals surface area contributed by atoms with Crippen LogP contribution in [0, 0.1) is 0 Å². The number of halogens is 1. The summed E-state index contributed by atoms with van der Waals surface area (Å²) in [5.74, 6) is -0.320. The topological polar surface area (TPSA) is 69.7 Å². The molecule has 2 heterocycles. The third kappa shape index (κ3) is 5.29. The van der Waals surface area contributed by atoms with E-state index in [0.717, 1.165) is 38.0 Å². The molecule has 0 aromatic heterocycles. The normalized spacial score (nSPS) is 17.8. The van der Waals surface area contributed by atoms with Crippen LogP contribution in [0.1, 0.15) is 47.2 Å². The van der Waals surface area contributed by atoms with Gasteiger partial charge in [0, 0.05) is 31.7 Å². The SMILES string of the molecule is O=C(NCc1cccc(CN2CCCC2)c1)c1ccc(Cl)c(S(=O)(=O)N2CCCC2)c1. The van der Waals surface area contributed by atoms with E-state index in [1.54, 1.807) is 6.07 Å². The van der Waals surface area contributed by atoms with Gasteiger partial charge in [-0.05, 0) is 68.1 Å². The van der Waals surface area contributed by atoms with Crippen molar-refractivity contribution in [3.63, 3.8) is 0 Å². The van der Waals surface area contributed by atoms with E-state index < -0.39 is 10.0 Å². The second kappa shape index (κ2) is 9.69. The van der Waals surface area contributed by atoms with E-state index in [2.05, 4.69) is 22.3 Å². The molecule has 166 valence electrons. The molecule has 0 aliphatic carbocycles. The highest BCUT2D eigenvalue weighted by molar-refractivity contribution is 7.89. The summed E-state index contributed by atoms with van der Waals surface area (Å²) in [7, 11) is -3.69. The molecule has 8 heteroatoms. The predicted molar refractivity (Wildman–Crippen MR) is 122 cm³/mol. The molecule has 0 unspecified atom stereocenters. The fourth-order valence-corrected chi connectivity index (χ4v) is 6.25. The minimum atomic E-state index is -3.69. The third-order valence-corrected chi connectivity index (χ3v) is 8.31. The van der Waals surface area contributed by atoms with Gasteiger partial charge in [-0.2, -0.15) is 4.31 Å². The van der Waals surface area contributed by atoms with Crippen LogP contribution in [0.25, 0.3) is 0 Å². The lowest BCUT2D eigenvalue weighted by Gasteiger charge is -2.17. The first-order valence-corrected chi connectivity index (χ1v) is 12.6. The summed E-state index contributed by atoms with van der Waals surface area (Å²) in [6.07, 6.45) is 4.19. The fourth-order valence-electron chi connectivity index (χ4n) is 4.23. The van der Waals surface area contributed by atoms with Crippen LogP contribution in [0.4, 0.5) is 0 Å². The lowest BCUT2D eigenvalue weighted by atomic mass is 10.1. The summed E-state index contributed by atoms with van der Waals surface area (Å²) in [6.45, 7) is 4.56. The molecule has 2 fully saturated rings. The minimum absolute atomic E-state index is 0.00340. The van der Waals surface area contributed by atoms with Gasteiger partial charge < -0.3 is 5.32 Å². The molecule has 2 aromatic carbocycles. The molecule has 31 heavy (non-hydrogen) atoms. The molecule has 2 aliphatic heterocycles. The molecule has 0 bridgehead atoms. The van der Waals surface area contributed by atoms with E-state index in [-0.39, 0.29) is 21.4 Å².